The molecule has 298 valence electrons. The third-order valence-corrected chi connectivity index (χ3v) is 13.4. The number of rotatable bonds is 5. The van der Waals surface area contributed by atoms with Gasteiger partial charge in [-0.3, -0.25) is 9.80 Å². The topological polar surface area (TPSA) is 37.7 Å². The first-order valence-electron chi connectivity index (χ1n) is 21.9. The first-order valence-corrected chi connectivity index (χ1v) is 21.9. The Morgan fingerprint density at radius 1 is 0.344 bits per heavy atom. The lowest BCUT2D eigenvalue weighted by atomic mass is 9.33. The molecule has 12 aromatic rings. The van der Waals surface area contributed by atoms with Crippen LogP contribution in [0.25, 0.3) is 71.7 Å². The third kappa shape index (κ3) is 4.90. The Labute approximate surface area is 369 Å². The van der Waals surface area contributed by atoms with E-state index in [4.69, 9.17) is 8.83 Å². The summed E-state index contributed by atoms with van der Waals surface area (Å²) in [4.78, 5) is 4.79. The largest absolute Gasteiger partial charge is 0.439 e. The average molecular weight is 818 g/mol. The monoisotopic (exact) mass is 817 g/mol. The van der Waals surface area contributed by atoms with E-state index in [1.165, 1.54) is 27.2 Å². The van der Waals surface area contributed by atoms with E-state index >= 15 is 0 Å². The summed E-state index contributed by atoms with van der Waals surface area (Å²) < 4.78 is 16.8. The van der Waals surface area contributed by atoms with Crippen LogP contribution in [0.5, 0.6) is 0 Å². The molecule has 0 radical (unpaired) electrons. The average Bonchev–Trinajstić information content (AvgIpc) is 4.04. The smallest absolute Gasteiger partial charge is 0.252 e. The third-order valence-electron chi connectivity index (χ3n) is 13.4. The first kappa shape index (κ1) is 35.2. The van der Waals surface area contributed by atoms with E-state index in [2.05, 4.69) is 233 Å². The number of hydrogen-bond donors (Lipinski definition) is 0. The Morgan fingerprint density at radius 3 is 1.22 bits per heavy atom. The second-order valence-corrected chi connectivity index (χ2v) is 16.8. The minimum atomic E-state index is -0.0915. The van der Waals surface area contributed by atoms with Gasteiger partial charge in [-0.2, -0.15) is 0 Å². The van der Waals surface area contributed by atoms with E-state index in [9.17, 15) is 0 Å². The summed E-state index contributed by atoms with van der Waals surface area (Å²) in [6.07, 6.45) is 0. The summed E-state index contributed by atoms with van der Waals surface area (Å²) in [5.41, 5.74) is 17.1. The highest BCUT2D eigenvalue weighted by atomic mass is 16.4. The van der Waals surface area contributed by atoms with Crippen LogP contribution in [0.2, 0.25) is 0 Å². The fourth-order valence-corrected chi connectivity index (χ4v) is 10.8. The van der Waals surface area contributed by atoms with Crippen molar-refractivity contribution in [2.75, 3.05) is 9.80 Å². The van der Waals surface area contributed by atoms with Crippen molar-refractivity contribution in [3.8, 4) is 27.9 Å². The predicted octanol–water partition coefficient (Wildman–Crippen LogP) is 13.7. The Kier molecular flexibility index (Phi) is 7.42. The van der Waals surface area contributed by atoms with Crippen molar-refractivity contribution in [2.45, 2.75) is 0 Å². The fourth-order valence-electron chi connectivity index (χ4n) is 10.8. The maximum absolute atomic E-state index is 7.19. The molecule has 0 spiro atoms. The molecular weight excluding hydrogens is 781 g/mol. The minimum Gasteiger partial charge on any atom is -0.439 e. The Morgan fingerprint density at radius 2 is 0.734 bits per heavy atom. The van der Waals surface area contributed by atoms with Crippen molar-refractivity contribution in [3.63, 3.8) is 0 Å². The molecule has 5 heterocycles. The Bertz CT molecular complexity index is 3580. The standard InChI is InChI=1S/C58H36BN3O2/c1-3-19-37(20-4-1)54-42-25-9-17-33-52(42)63-57(54)61-48-31-15-11-27-44(48)59-45-28-12-16-32-49(45)62(58-55(38-21-5-2-6-22-38)43-26-10-18-34-53(43)64-58)51-36-39(35-50(61)56(51)59)60-46-29-13-7-23-40(46)41-24-8-14-30-47(41)60/h1-36H. The molecule has 0 saturated heterocycles. The van der Waals surface area contributed by atoms with Crippen LogP contribution < -0.4 is 26.2 Å². The summed E-state index contributed by atoms with van der Waals surface area (Å²) in [5, 5.41) is 4.55. The molecule has 0 bridgehead atoms. The second kappa shape index (κ2) is 13.5. The molecular formula is C58H36BN3O2. The summed E-state index contributed by atoms with van der Waals surface area (Å²) in [5.74, 6) is 1.55. The molecule has 0 atom stereocenters. The number of para-hydroxylation sites is 6. The number of benzene rings is 9. The summed E-state index contributed by atoms with van der Waals surface area (Å²) in [7, 11) is 0. The molecule has 5 nitrogen and oxygen atoms in total. The van der Waals surface area contributed by atoms with E-state index in [-0.39, 0.29) is 6.71 Å². The van der Waals surface area contributed by atoms with Crippen LogP contribution in [0.15, 0.2) is 227 Å². The van der Waals surface area contributed by atoms with Crippen LogP contribution in [0.1, 0.15) is 0 Å². The van der Waals surface area contributed by atoms with E-state index in [1.807, 2.05) is 0 Å². The maximum atomic E-state index is 7.19. The molecule has 2 aliphatic rings. The number of fused-ring (bicyclic) bond motifs is 9. The molecule has 0 saturated carbocycles. The molecule has 0 unspecified atom stereocenters. The van der Waals surface area contributed by atoms with E-state index < -0.39 is 0 Å². The van der Waals surface area contributed by atoms with Crippen molar-refractivity contribution < 1.29 is 8.83 Å². The highest BCUT2D eigenvalue weighted by Crippen LogP contribution is 2.52. The highest BCUT2D eigenvalue weighted by Gasteiger charge is 2.46. The molecule has 14 rings (SSSR count). The zero-order valence-electron chi connectivity index (χ0n) is 34.5. The second-order valence-electron chi connectivity index (χ2n) is 16.8. The quantitative estimate of drug-likeness (QED) is 0.162. The zero-order chi connectivity index (χ0) is 41.9. The van der Waals surface area contributed by atoms with Crippen molar-refractivity contribution >= 4 is 101 Å². The minimum absolute atomic E-state index is 0.0915. The fraction of sp³-hybridized carbons (Fsp3) is 0. The van der Waals surface area contributed by atoms with Gasteiger partial charge >= 0.3 is 0 Å². The van der Waals surface area contributed by atoms with Gasteiger partial charge in [0, 0.05) is 44.3 Å². The van der Waals surface area contributed by atoms with E-state index in [0.29, 0.717) is 0 Å². The predicted molar refractivity (Wildman–Crippen MR) is 265 cm³/mol. The van der Waals surface area contributed by atoms with Crippen LogP contribution in [-0.4, -0.2) is 11.3 Å². The van der Waals surface area contributed by atoms with Gasteiger partial charge in [0.2, 0.25) is 11.8 Å². The number of furan rings is 2. The van der Waals surface area contributed by atoms with Crippen LogP contribution in [0.3, 0.4) is 0 Å². The lowest BCUT2D eigenvalue weighted by Crippen LogP contribution is -2.61. The van der Waals surface area contributed by atoms with E-state index in [0.717, 1.165) is 95.4 Å². The lowest BCUT2D eigenvalue weighted by Gasteiger charge is -2.43. The molecule has 2 aliphatic heterocycles. The van der Waals surface area contributed by atoms with Gasteiger partial charge in [0.1, 0.15) is 11.2 Å². The van der Waals surface area contributed by atoms with Crippen LogP contribution in [-0.2, 0) is 0 Å². The van der Waals surface area contributed by atoms with Gasteiger partial charge in [-0.15, -0.1) is 0 Å². The van der Waals surface area contributed by atoms with Gasteiger partial charge in [0.05, 0.1) is 27.8 Å². The molecule has 0 amide bonds. The molecule has 0 fully saturated rings. The van der Waals surface area contributed by atoms with Crippen molar-refractivity contribution in [2.24, 2.45) is 0 Å². The molecule has 0 aliphatic carbocycles. The van der Waals surface area contributed by atoms with E-state index in [1.54, 1.807) is 0 Å². The van der Waals surface area contributed by atoms with Gasteiger partial charge in [0.15, 0.2) is 0 Å². The van der Waals surface area contributed by atoms with Crippen molar-refractivity contribution in [3.05, 3.63) is 218 Å². The highest BCUT2D eigenvalue weighted by molar-refractivity contribution is 7.00. The SMILES string of the molecule is c1ccc(-c2c(N3c4ccccc4B4c5ccccc5N(c5oc6ccccc6c5-c5ccccc5)c5cc(-n6c7ccccc7c7ccccc76)cc3c54)oc3ccccc23)cc1. The first-order chi connectivity index (χ1) is 31.8. The molecule has 0 N–H and O–H groups in total. The lowest BCUT2D eigenvalue weighted by molar-refractivity contribution is 0.621. The summed E-state index contributed by atoms with van der Waals surface area (Å²) in [6, 6.07) is 78.2. The molecule has 6 heteroatoms. The zero-order valence-corrected chi connectivity index (χ0v) is 34.5. The normalized spacial score (nSPS) is 12.9. The van der Waals surface area contributed by atoms with Crippen molar-refractivity contribution in [1.29, 1.82) is 0 Å². The molecule has 3 aromatic heterocycles. The summed E-state index contributed by atoms with van der Waals surface area (Å²) in [6.45, 7) is -0.0915. The van der Waals surface area contributed by atoms with Gasteiger partial charge < -0.3 is 13.4 Å². The number of anilines is 6. The van der Waals surface area contributed by atoms with Crippen LogP contribution in [0, 0.1) is 0 Å². The summed E-state index contributed by atoms with van der Waals surface area (Å²) >= 11 is 0. The Balaban J connectivity index is 1.16. The maximum Gasteiger partial charge on any atom is 0.252 e. The molecule has 9 aromatic carbocycles. The van der Waals surface area contributed by atoms with Crippen LogP contribution >= 0.6 is 0 Å². The van der Waals surface area contributed by atoms with Gasteiger partial charge in [-0.05, 0) is 76.0 Å². The molecule has 64 heavy (non-hydrogen) atoms. The number of aromatic nitrogens is 1. The van der Waals surface area contributed by atoms with Gasteiger partial charge in [0.25, 0.3) is 6.71 Å². The van der Waals surface area contributed by atoms with Gasteiger partial charge in [-0.1, -0.05) is 170 Å². The number of hydrogen-bond acceptors (Lipinski definition) is 4. The Hall–Kier alpha value is -8.48. The van der Waals surface area contributed by atoms with Gasteiger partial charge in [-0.25, -0.2) is 0 Å². The van der Waals surface area contributed by atoms with Crippen molar-refractivity contribution in [1.82, 2.24) is 4.57 Å². The van der Waals surface area contributed by atoms with Crippen LogP contribution in [0.4, 0.5) is 34.5 Å². The number of nitrogens with zero attached hydrogens (tertiary/aromatic N) is 3.